The maximum absolute atomic E-state index is 11.3. The molecule has 0 saturated carbocycles. The van der Waals surface area contributed by atoms with Gasteiger partial charge in [0.15, 0.2) is 0 Å². The summed E-state index contributed by atoms with van der Waals surface area (Å²) < 4.78 is 22.5. The van der Waals surface area contributed by atoms with Gasteiger partial charge in [0.2, 0.25) is 10.0 Å². The van der Waals surface area contributed by atoms with E-state index in [1.54, 1.807) is 18.3 Å². The number of nitrogens with one attached hydrogen (secondary N) is 1. The number of nitrogens with zero attached hydrogens (tertiary/aromatic N) is 2. The van der Waals surface area contributed by atoms with Crippen LogP contribution in [0, 0.1) is 0 Å². The molecule has 26 heavy (non-hydrogen) atoms. The minimum absolute atomic E-state index is 0.105. The molecule has 0 saturated heterocycles. The molecule has 0 aliphatic carbocycles. The van der Waals surface area contributed by atoms with E-state index in [-0.39, 0.29) is 11.0 Å². The highest BCUT2D eigenvalue weighted by Gasteiger charge is 2.07. The van der Waals surface area contributed by atoms with E-state index < -0.39 is 10.0 Å². The molecular formula is C17H14N4O4S. The monoisotopic (exact) mass is 370 g/mol. The molecule has 2 aromatic carbocycles. The molecule has 1 heterocycles. The van der Waals surface area contributed by atoms with E-state index in [4.69, 9.17) is 14.7 Å². The molecule has 3 aromatic rings. The van der Waals surface area contributed by atoms with Crippen molar-refractivity contribution in [2.24, 2.45) is 5.14 Å². The first-order chi connectivity index (χ1) is 12.4. The predicted molar refractivity (Wildman–Crippen MR) is 93.6 cm³/mol. The summed E-state index contributed by atoms with van der Waals surface area (Å²) in [5, 5.41) is 15.3. The zero-order valence-electron chi connectivity index (χ0n) is 13.4. The lowest BCUT2D eigenvalue weighted by molar-refractivity contribution is -0.191. The molecule has 132 valence electrons. The summed E-state index contributed by atoms with van der Waals surface area (Å²) >= 11 is 0. The molecular weight excluding hydrogens is 356 g/mol. The zero-order valence-corrected chi connectivity index (χ0v) is 14.2. The number of H-pyrrole nitrogens is 1. The van der Waals surface area contributed by atoms with Gasteiger partial charge in [0.25, 0.3) is 0 Å². The van der Waals surface area contributed by atoms with Crippen LogP contribution in [-0.4, -0.2) is 30.0 Å². The van der Waals surface area contributed by atoms with Crippen molar-refractivity contribution in [3.63, 3.8) is 0 Å². The van der Waals surface area contributed by atoms with Crippen LogP contribution in [0.2, 0.25) is 0 Å². The number of rotatable bonds is 4. The molecule has 1 aromatic heterocycles. The van der Waals surface area contributed by atoms with E-state index >= 15 is 0 Å². The van der Waals surface area contributed by atoms with Crippen molar-refractivity contribution in [3.8, 4) is 11.1 Å². The Morgan fingerprint density at radius 3 is 1.92 bits per heavy atom. The average molecular weight is 370 g/mol. The maximum Gasteiger partial charge on any atom is 0.373 e. The quantitative estimate of drug-likeness (QED) is 0.717. The first kappa shape index (κ1) is 18.9. The second kappa shape index (κ2) is 8.63. The van der Waals surface area contributed by atoms with Gasteiger partial charge in [-0.25, -0.2) is 13.6 Å². The van der Waals surface area contributed by atoms with E-state index in [9.17, 15) is 8.42 Å². The van der Waals surface area contributed by atoms with Crippen LogP contribution in [0.5, 0.6) is 0 Å². The van der Waals surface area contributed by atoms with Crippen LogP contribution < -0.4 is 5.14 Å². The molecule has 0 amide bonds. The van der Waals surface area contributed by atoms with Crippen LogP contribution in [0.1, 0.15) is 11.3 Å². The second-order valence-corrected chi connectivity index (χ2v) is 6.56. The van der Waals surface area contributed by atoms with Gasteiger partial charge in [0.1, 0.15) is 5.69 Å². The van der Waals surface area contributed by atoms with Crippen LogP contribution in [0.3, 0.4) is 0 Å². The Morgan fingerprint density at radius 1 is 0.923 bits per heavy atom. The standard InChI is InChI=1S/C16H14N4O2S.CO2/c17-23(21,22)16-9-6-14(7-10-16)13-4-1-12(2-5-13)3-8-15-11-18-20-19-15;2-1-3/h1-11H,(H2,17,21,22)(H,18,19,20);. The number of primary sulfonamides is 1. The summed E-state index contributed by atoms with van der Waals surface area (Å²) in [6.45, 7) is 0. The molecule has 0 unspecified atom stereocenters. The van der Waals surface area contributed by atoms with Crippen LogP contribution in [-0.2, 0) is 19.6 Å². The zero-order chi connectivity index (χ0) is 19.0. The number of carbonyl (C=O) groups excluding carboxylic acids is 2. The van der Waals surface area contributed by atoms with Crippen molar-refractivity contribution in [2.75, 3.05) is 0 Å². The van der Waals surface area contributed by atoms with Crippen molar-refractivity contribution >= 4 is 28.3 Å². The fraction of sp³-hybridized carbons (Fsp3) is 0. The van der Waals surface area contributed by atoms with Gasteiger partial charge in [-0.2, -0.15) is 25.0 Å². The molecule has 0 atom stereocenters. The van der Waals surface area contributed by atoms with E-state index in [0.717, 1.165) is 22.4 Å². The van der Waals surface area contributed by atoms with Crippen molar-refractivity contribution in [1.82, 2.24) is 15.4 Å². The lowest BCUT2D eigenvalue weighted by Crippen LogP contribution is -2.11. The third-order valence-corrected chi connectivity index (χ3v) is 4.24. The lowest BCUT2D eigenvalue weighted by Gasteiger charge is -2.04. The fourth-order valence-electron chi connectivity index (χ4n) is 2.10. The van der Waals surface area contributed by atoms with Crippen molar-refractivity contribution in [2.45, 2.75) is 4.90 Å². The van der Waals surface area contributed by atoms with Crippen LogP contribution in [0.15, 0.2) is 59.6 Å². The summed E-state index contributed by atoms with van der Waals surface area (Å²) in [4.78, 5) is 16.4. The lowest BCUT2D eigenvalue weighted by atomic mass is 10.0. The summed E-state index contributed by atoms with van der Waals surface area (Å²) in [5.74, 6) is 0. The summed E-state index contributed by atoms with van der Waals surface area (Å²) in [6, 6.07) is 14.4. The molecule has 0 aliphatic heterocycles. The Labute approximate surface area is 149 Å². The number of benzene rings is 2. The highest BCUT2D eigenvalue weighted by atomic mass is 32.2. The average Bonchev–Trinajstić information content (AvgIpc) is 3.14. The van der Waals surface area contributed by atoms with Gasteiger partial charge >= 0.3 is 6.15 Å². The SMILES string of the molecule is NS(=O)(=O)c1ccc(-c2ccc(C=Cc3cn[nH]n3)cc2)cc1.O=C=O. The largest absolute Gasteiger partial charge is 0.373 e. The Bertz CT molecular complexity index is 1000. The topological polar surface area (TPSA) is 136 Å². The number of hydrogen-bond donors (Lipinski definition) is 2. The Kier molecular flexibility index (Phi) is 6.29. The third-order valence-electron chi connectivity index (χ3n) is 3.31. The summed E-state index contributed by atoms with van der Waals surface area (Å²) in [6.07, 6.45) is 5.68. The maximum atomic E-state index is 11.3. The summed E-state index contributed by atoms with van der Waals surface area (Å²) in [7, 11) is -3.66. The van der Waals surface area contributed by atoms with Gasteiger partial charge in [-0.15, -0.1) is 0 Å². The smallest absolute Gasteiger partial charge is 0.225 e. The molecule has 0 radical (unpaired) electrons. The number of aromatic amines is 1. The van der Waals surface area contributed by atoms with Crippen LogP contribution >= 0.6 is 0 Å². The van der Waals surface area contributed by atoms with Crippen LogP contribution in [0.25, 0.3) is 23.3 Å². The molecule has 0 aliphatic rings. The molecule has 3 N–H and O–H groups in total. The Morgan fingerprint density at radius 2 is 1.46 bits per heavy atom. The number of aromatic nitrogens is 3. The third kappa shape index (κ3) is 5.32. The molecule has 9 heteroatoms. The Hall–Kier alpha value is -3.39. The van der Waals surface area contributed by atoms with Gasteiger partial charge in [-0.3, -0.25) is 0 Å². The molecule has 0 spiro atoms. The highest BCUT2D eigenvalue weighted by molar-refractivity contribution is 7.89. The number of nitrogens with two attached hydrogens (primary N) is 1. The van der Waals surface area contributed by atoms with Crippen LogP contribution in [0.4, 0.5) is 0 Å². The molecule has 8 nitrogen and oxygen atoms in total. The first-order valence-electron chi connectivity index (χ1n) is 7.20. The normalized spacial score (nSPS) is 10.8. The van der Waals surface area contributed by atoms with E-state index in [2.05, 4.69) is 15.4 Å². The van der Waals surface area contributed by atoms with Gasteiger partial charge in [0.05, 0.1) is 11.1 Å². The predicted octanol–water partition coefficient (Wildman–Crippen LogP) is 1.71. The molecule has 0 bridgehead atoms. The number of hydrogen-bond acceptors (Lipinski definition) is 6. The minimum atomic E-state index is -3.66. The van der Waals surface area contributed by atoms with E-state index in [1.807, 2.05) is 36.4 Å². The Balaban J connectivity index is 0.000000758. The van der Waals surface area contributed by atoms with E-state index in [0.29, 0.717) is 0 Å². The highest BCUT2D eigenvalue weighted by Crippen LogP contribution is 2.22. The van der Waals surface area contributed by atoms with Gasteiger partial charge < -0.3 is 0 Å². The van der Waals surface area contributed by atoms with Gasteiger partial charge in [0, 0.05) is 0 Å². The van der Waals surface area contributed by atoms with E-state index in [1.165, 1.54) is 12.1 Å². The molecule has 3 rings (SSSR count). The summed E-state index contributed by atoms with van der Waals surface area (Å²) in [5.41, 5.74) is 3.69. The second-order valence-electron chi connectivity index (χ2n) is 5.00. The van der Waals surface area contributed by atoms with Gasteiger partial charge in [-0.05, 0) is 34.9 Å². The van der Waals surface area contributed by atoms with Crippen molar-refractivity contribution < 1.29 is 18.0 Å². The fourth-order valence-corrected chi connectivity index (χ4v) is 2.61. The van der Waals surface area contributed by atoms with Crippen molar-refractivity contribution in [1.29, 1.82) is 0 Å². The number of sulfonamides is 1. The van der Waals surface area contributed by atoms with Gasteiger partial charge in [-0.1, -0.05) is 42.5 Å². The minimum Gasteiger partial charge on any atom is -0.225 e. The van der Waals surface area contributed by atoms with Crippen molar-refractivity contribution in [3.05, 3.63) is 66.0 Å². The first-order valence-corrected chi connectivity index (χ1v) is 8.75. The molecule has 0 fully saturated rings.